The molecule has 128 valence electrons. The molecule has 0 aliphatic carbocycles. The van der Waals surface area contributed by atoms with Gasteiger partial charge in [0.1, 0.15) is 0 Å². The normalized spacial score (nSPS) is 15.5. The average Bonchev–Trinajstić information content (AvgIpc) is 3.01. The van der Waals surface area contributed by atoms with Crippen molar-refractivity contribution in [1.82, 2.24) is 5.16 Å². The molecular formula is C17H19FN2O4. The van der Waals surface area contributed by atoms with Gasteiger partial charge in [-0.2, -0.15) is 0 Å². The third-order valence-electron chi connectivity index (χ3n) is 4.38. The van der Waals surface area contributed by atoms with Crippen LogP contribution in [-0.4, -0.2) is 36.4 Å². The number of aromatic carboxylic acids is 1. The first kappa shape index (κ1) is 16.3. The van der Waals surface area contributed by atoms with Crippen LogP contribution in [-0.2, 0) is 0 Å². The number of nitrogens with zero attached hydrogens (tertiary/aromatic N) is 2. The van der Waals surface area contributed by atoms with Crippen LogP contribution in [0.2, 0.25) is 0 Å². The summed E-state index contributed by atoms with van der Waals surface area (Å²) in [5.41, 5.74) is 0.410. The van der Waals surface area contributed by atoms with Crippen LogP contribution in [0.4, 0.5) is 10.2 Å². The molecule has 1 aromatic carbocycles. The van der Waals surface area contributed by atoms with Crippen LogP contribution in [0.3, 0.4) is 0 Å². The van der Waals surface area contributed by atoms with Crippen LogP contribution in [0.25, 0.3) is 11.3 Å². The molecule has 3 rings (SSSR count). The molecule has 1 saturated heterocycles. The second-order valence-electron chi connectivity index (χ2n) is 6.03. The van der Waals surface area contributed by atoms with Crippen molar-refractivity contribution in [2.75, 3.05) is 25.1 Å². The predicted octanol–water partition coefficient (Wildman–Crippen LogP) is 3.42. The standard InChI is InChI=1S/C17H19FN2O4/c1-10-5-7-20(8-6-10)16-14(17(21)22)15(24-19-16)11-3-4-12(18)13(9-11)23-2/h3-4,9-10H,5-8H2,1-2H3,(H,21,22). The third-order valence-corrected chi connectivity index (χ3v) is 4.38. The molecule has 7 heteroatoms. The average molecular weight is 334 g/mol. The molecule has 2 aromatic rings. The molecule has 2 heterocycles. The Bertz CT molecular complexity index is 751. The number of carboxylic acids is 1. The molecule has 1 aliphatic rings. The fourth-order valence-electron chi connectivity index (χ4n) is 2.91. The topological polar surface area (TPSA) is 75.8 Å². The van der Waals surface area contributed by atoms with Gasteiger partial charge < -0.3 is 19.3 Å². The number of rotatable bonds is 4. The summed E-state index contributed by atoms with van der Waals surface area (Å²) in [7, 11) is 1.35. The smallest absolute Gasteiger partial charge is 0.343 e. The van der Waals surface area contributed by atoms with E-state index in [4.69, 9.17) is 9.26 Å². The summed E-state index contributed by atoms with van der Waals surface area (Å²) in [4.78, 5) is 13.7. The largest absolute Gasteiger partial charge is 0.494 e. The van der Waals surface area contributed by atoms with Gasteiger partial charge in [0.2, 0.25) is 0 Å². The Morgan fingerprint density at radius 1 is 1.42 bits per heavy atom. The van der Waals surface area contributed by atoms with Crippen LogP contribution < -0.4 is 9.64 Å². The van der Waals surface area contributed by atoms with Crippen LogP contribution in [0.5, 0.6) is 5.75 Å². The lowest BCUT2D eigenvalue weighted by molar-refractivity contribution is 0.0697. The van der Waals surface area contributed by atoms with Crippen molar-refractivity contribution in [3.05, 3.63) is 29.6 Å². The molecule has 0 radical (unpaired) electrons. The highest BCUT2D eigenvalue weighted by Crippen LogP contribution is 2.35. The molecule has 1 N–H and O–H groups in total. The highest BCUT2D eigenvalue weighted by atomic mass is 19.1. The van der Waals surface area contributed by atoms with E-state index in [-0.39, 0.29) is 17.1 Å². The van der Waals surface area contributed by atoms with Gasteiger partial charge in [-0.1, -0.05) is 12.1 Å². The van der Waals surface area contributed by atoms with Gasteiger partial charge in [-0.3, -0.25) is 0 Å². The molecule has 24 heavy (non-hydrogen) atoms. The summed E-state index contributed by atoms with van der Waals surface area (Å²) in [5.74, 6) is -0.580. The zero-order chi connectivity index (χ0) is 17.3. The van der Waals surface area contributed by atoms with Crippen molar-refractivity contribution >= 4 is 11.8 Å². The summed E-state index contributed by atoms with van der Waals surface area (Å²) in [6.07, 6.45) is 1.96. The molecular weight excluding hydrogens is 315 g/mol. The fraction of sp³-hybridized carbons (Fsp3) is 0.412. The number of aromatic nitrogens is 1. The van der Waals surface area contributed by atoms with E-state index < -0.39 is 11.8 Å². The van der Waals surface area contributed by atoms with E-state index in [0.717, 1.165) is 25.9 Å². The Hall–Kier alpha value is -2.57. The summed E-state index contributed by atoms with van der Waals surface area (Å²) in [6.45, 7) is 3.65. The van der Waals surface area contributed by atoms with Crippen LogP contribution in [0.15, 0.2) is 22.7 Å². The molecule has 1 fully saturated rings. The third kappa shape index (κ3) is 2.93. The molecule has 1 aromatic heterocycles. The van der Waals surface area contributed by atoms with Crippen molar-refractivity contribution in [3.63, 3.8) is 0 Å². The predicted molar refractivity (Wildman–Crippen MR) is 86.0 cm³/mol. The highest BCUT2D eigenvalue weighted by molar-refractivity contribution is 5.99. The number of hydrogen-bond donors (Lipinski definition) is 1. The molecule has 0 unspecified atom stereocenters. The molecule has 6 nitrogen and oxygen atoms in total. The Morgan fingerprint density at radius 3 is 2.75 bits per heavy atom. The van der Waals surface area contributed by atoms with Gasteiger partial charge in [-0.15, -0.1) is 0 Å². The molecule has 0 spiro atoms. The second kappa shape index (κ2) is 6.51. The van der Waals surface area contributed by atoms with E-state index in [9.17, 15) is 14.3 Å². The number of carbonyl (C=O) groups is 1. The van der Waals surface area contributed by atoms with E-state index in [1.54, 1.807) is 0 Å². The van der Waals surface area contributed by atoms with Crippen molar-refractivity contribution in [1.29, 1.82) is 0 Å². The van der Waals surface area contributed by atoms with E-state index in [1.807, 2.05) is 4.90 Å². The molecule has 0 saturated carbocycles. The Morgan fingerprint density at radius 2 is 2.12 bits per heavy atom. The Balaban J connectivity index is 2.02. The Kier molecular flexibility index (Phi) is 4.42. The van der Waals surface area contributed by atoms with Gasteiger partial charge in [-0.25, -0.2) is 9.18 Å². The summed E-state index contributed by atoms with van der Waals surface area (Å²) < 4.78 is 23.8. The minimum absolute atomic E-state index is 0.00165. The van der Waals surface area contributed by atoms with Gasteiger partial charge in [0.05, 0.1) is 7.11 Å². The molecule has 0 amide bonds. The van der Waals surface area contributed by atoms with Gasteiger partial charge >= 0.3 is 5.97 Å². The maximum atomic E-state index is 13.6. The second-order valence-corrected chi connectivity index (χ2v) is 6.03. The van der Waals surface area contributed by atoms with Crippen LogP contribution in [0, 0.1) is 11.7 Å². The van der Waals surface area contributed by atoms with E-state index in [2.05, 4.69) is 12.1 Å². The number of halogens is 1. The number of benzene rings is 1. The van der Waals surface area contributed by atoms with Gasteiger partial charge in [0, 0.05) is 18.7 Å². The monoisotopic (exact) mass is 334 g/mol. The lowest BCUT2D eigenvalue weighted by Crippen LogP contribution is -2.34. The first-order valence-corrected chi connectivity index (χ1v) is 7.83. The number of hydrogen-bond acceptors (Lipinski definition) is 5. The van der Waals surface area contributed by atoms with Gasteiger partial charge in [0.15, 0.2) is 28.7 Å². The first-order chi connectivity index (χ1) is 11.5. The quantitative estimate of drug-likeness (QED) is 0.923. The van der Waals surface area contributed by atoms with Gasteiger partial charge in [-0.05, 0) is 37.0 Å². The first-order valence-electron chi connectivity index (χ1n) is 7.83. The van der Waals surface area contributed by atoms with E-state index in [0.29, 0.717) is 17.3 Å². The van der Waals surface area contributed by atoms with Crippen molar-refractivity contribution in [2.45, 2.75) is 19.8 Å². The van der Waals surface area contributed by atoms with E-state index >= 15 is 0 Å². The lowest BCUT2D eigenvalue weighted by atomic mass is 9.98. The molecule has 1 aliphatic heterocycles. The zero-order valence-electron chi connectivity index (χ0n) is 13.6. The van der Waals surface area contributed by atoms with Crippen molar-refractivity contribution in [2.24, 2.45) is 5.92 Å². The van der Waals surface area contributed by atoms with E-state index in [1.165, 1.54) is 25.3 Å². The minimum Gasteiger partial charge on any atom is -0.494 e. The number of methoxy groups -OCH3 is 1. The van der Waals surface area contributed by atoms with Crippen LogP contribution in [0.1, 0.15) is 30.1 Å². The molecule has 0 atom stereocenters. The number of piperidine rings is 1. The Labute approximate surface area is 138 Å². The van der Waals surface area contributed by atoms with Gasteiger partial charge in [0.25, 0.3) is 0 Å². The highest BCUT2D eigenvalue weighted by Gasteiger charge is 2.29. The minimum atomic E-state index is -1.12. The summed E-state index contributed by atoms with van der Waals surface area (Å²) in [5, 5.41) is 13.6. The zero-order valence-corrected chi connectivity index (χ0v) is 13.6. The number of ether oxygens (including phenoxy) is 1. The summed E-state index contributed by atoms with van der Waals surface area (Å²) >= 11 is 0. The number of carboxylic acid groups (broad SMARTS) is 1. The van der Waals surface area contributed by atoms with Crippen molar-refractivity contribution < 1.29 is 23.6 Å². The fourth-order valence-corrected chi connectivity index (χ4v) is 2.91. The molecule has 0 bridgehead atoms. The SMILES string of the molecule is COc1cc(-c2onc(N3CCC(C)CC3)c2C(=O)O)ccc1F. The number of anilines is 1. The summed E-state index contributed by atoms with van der Waals surface area (Å²) in [6, 6.07) is 4.07. The van der Waals surface area contributed by atoms with Crippen molar-refractivity contribution in [3.8, 4) is 17.1 Å². The maximum absolute atomic E-state index is 13.6. The maximum Gasteiger partial charge on any atom is 0.343 e. The lowest BCUT2D eigenvalue weighted by Gasteiger charge is -2.30. The van der Waals surface area contributed by atoms with Crippen LogP contribution >= 0.6 is 0 Å².